The highest BCUT2D eigenvalue weighted by atomic mass is 31.2. The highest BCUT2D eigenvalue weighted by Crippen LogP contribution is 2.50. The first kappa shape index (κ1) is 49.5. The number of methoxy groups -OCH3 is 1. The Balaban J connectivity index is 1.08. The van der Waals surface area contributed by atoms with Crippen LogP contribution in [0.2, 0.25) is 18.1 Å². The Hall–Kier alpha value is -1.92. The van der Waals surface area contributed by atoms with Gasteiger partial charge in [-0.2, -0.15) is 5.26 Å². The third kappa shape index (κ3) is 14.5. The summed E-state index contributed by atoms with van der Waals surface area (Å²) in [6.45, 7) is -1.16. The SMILES string of the molecule is COc1ccc(C(c2ccccc2)c2ccc(OCCCOP(=O)(OCCC#N)OC[SiH]3O[SiH2]O[SiH]4O[SiH]5O[SiH2]O[SiH](CCO)O[Si](CCO)(O5)O[Si](CCO)(O3)O4)cc2)cc1. The van der Waals surface area contributed by atoms with E-state index in [1.165, 1.54) is 0 Å². The van der Waals surface area contributed by atoms with E-state index in [0.717, 1.165) is 22.4 Å². The van der Waals surface area contributed by atoms with Crippen molar-refractivity contribution in [3.05, 3.63) is 95.6 Å². The van der Waals surface area contributed by atoms with Gasteiger partial charge < -0.3 is 65.9 Å². The predicted octanol–water partition coefficient (Wildman–Crippen LogP) is 0.190. The van der Waals surface area contributed by atoms with E-state index in [4.69, 9.17) is 69.5 Å². The fourth-order valence-corrected chi connectivity index (χ4v) is 37.0. The zero-order chi connectivity index (χ0) is 43.7. The lowest BCUT2D eigenvalue weighted by Gasteiger charge is -2.46. The average Bonchev–Trinajstić information content (AvgIpc) is 3.25. The van der Waals surface area contributed by atoms with Crippen LogP contribution in [-0.4, -0.2) is 144 Å². The number of hydrogen-bond donors (Lipinski definition) is 3. The number of hydrogen-bond acceptors (Lipinski definition) is 20. The highest BCUT2D eigenvalue weighted by molar-refractivity contribution is 7.48. The summed E-state index contributed by atoms with van der Waals surface area (Å²) in [5.41, 5.74) is 3.34. The van der Waals surface area contributed by atoms with Crippen LogP contribution < -0.4 is 9.47 Å². The van der Waals surface area contributed by atoms with Gasteiger partial charge in [-0.1, -0.05) is 54.6 Å². The number of phosphoric acid groups is 1. The van der Waals surface area contributed by atoms with Crippen LogP contribution >= 0.6 is 7.82 Å². The maximum Gasteiger partial charge on any atom is 0.479 e. The molecule has 3 fully saturated rings. The molecule has 3 aromatic carbocycles. The molecule has 3 N–H and O–H groups in total. The van der Waals surface area contributed by atoms with Crippen molar-refractivity contribution in [2.75, 3.05) is 53.0 Å². The second-order valence-electron chi connectivity index (χ2n) is 13.6. The number of phosphoric ester groups is 1. The van der Waals surface area contributed by atoms with Crippen LogP contribution in [0, 0.1) is 11.3 Å². The van der Waals surface area contributed by atoms with Crippen molar-refractivity contribution in [2.45, 2.75) is 36.9 Å². The lowest BCUT2D eigenvalue weighted by atomic mass is 9.85. The molecule has 20 nitrogen and oxygen atoms in total. The van der Waals surface area contributed by atoms with Crippen LogP contribution in [0.25, 0.3) is 0 Å². The van der Waals surface area contributed by atoms with Gasteiger partial charge in [-0.3, -0.25) is 13.6 Å². The molecule has 4 bridgehead atoms. The molecule has 0 amide bonds. The first-order valence-electron chi connectivity index (χ1n) is 19.9. The van der Waals surface area contributed by atoms with Crippen LogP contribution in [0.3, 0.4) is 0 Å². The monoisotopic (exact) mass is 1020 g/mol. The molecule has 3 saturated heterocycles. The smallest absolute Gasteiger partial charge is 0.479 e. The van der Waals surface area contributed by atoms with Crippen LogP contribution in [0.15, 0.2) is 78.9 Å². The topological polar surface area (TPSA) is 240 Å². The van der Waals surface area contributed by atoms with Crippen LogP contribution in [-0.2, 0) is 59.3 Å². The predicted molar refractivity (Wildman–Crippen MR) is 236 cm³/mol. The summed E-state index contributed by atoms with van der Waals surface area (Å²) in [5.74, 6) is 1.41. The Morgan fingerprint density at radius 3 is 1.89 bits per heavy atom. The van der Waals surface area contributed by atoms with Gasteiger partial charge in [-0.15, -0.1) is 0 Å². The molecule has 8 unspecified atom stereocenters. The second kappa shape index (κ2) is 25.1. The van der Waals surface area contributed by atoms with E-state index in [1.807, 2.05) is 60.7 Å². The number of nitrogens with zero attached hydrogens (tertiary/aromatic N) is 1. The molecule has 3 aliphatic rings. The zero-order valence-electron chi connectivity index (χ0n) is 34.1. The van der Waals surface area contributed by atoms with Gasteiger partial charge in [0.15, 0.2) is 0 Å². The quantitative estimate of drug-likeness (QED) is 0.0527. The Labute approximate surface area is 373 Å². The number of fused-ring (bicyclic) bond motifs is 4. The number of benzene rings is 3. The number of aliphatic hydroxyl groups excluding tert-OH is 3. The van der Waals surface area contributed by atoms with Crippen molar-refractivity contribution in [2.24, 2.45) is 0 Å². The summed E-state index contributed by atoms with van der Waals surface area (Å²) in [7, 11) is -25.9. The van der Waals surface area contributed by atoms with Gasteiger partial charge in [0.05, 0.1) is 45.7 Å². The molecular formula is C33H52NO19PSi8. The minimum absolute atomic E-state index is 0.00996. The van der Waals surface area contributed by atoms with E-state index in [-0.39, 0.29) is 56.9 Å². The van der Waals surface area contributed by atoms with Crippen molar-refractivity contribution in [1.29, 1.82) is 5.26 Å². The Morgan fingerprint density at radius 2 is 1.29 bits per heavy atom. The minimum atomic E-state index is -4.29. The van der Waals surface area contributed by atoms with Crippen LogP contribution in [0.5, 0.6) is 11.5 Å². The van der Waals surface area contributed by atoms with Crippen molar-refractivity contribution in [1.82, 2.24) is 0 Å². The first-order valence-corrected chi connectivity index (χ1v) is 33.9. The first-order chi connectivity index (χ1) is 30.2. The third-order valence-corrected chi connectivity index (χ3v) is 34.8. The molecule has 340 valence electrons. The molecule has 8 atom stereocenters. The van der Waals surface area contributed by atoms with Crippen molar-refractivity contribution < 1.29 is 84.1 Å². The number of aliphatic hydroxyl groups is 3. The maximum atomic E-state index is 13.9. The summed E-state index contributed by atoms with van der Waals surface area (Å²) in [5, 5.41) is 39.1. The summed E-state index contributed by atoms with van der Waals surface area (Å²) in [6, 6.07) is 28.0. The molecule has 0 saturated carbocycles. The summed E-state index contributed by atoms with van der Waals surface area (Å²) in [4.78, 5) is 0. The van der Waals surface area contributed by atoms with Crippen molar-refractivity contribution >= 4 is 83.1 Å². The van der Waals surface area contributed by atoms with Gasteiger partial charge in [-0.25, -0.2) is 4.57 Å². The Morgan fingerprint density at radius 1 is 0.710 bits per heavy atom. The lowest BCUT2D eigenvalue weighted by molar-refractivity contribution is 0.0767. The Bertz CT molecular complexity index is 1890. The van der Waals surface area contributed by atoms with E-state index in [9.17, 15) is 19.9 Å². The third-order valence-electron chi connectivity index (χ3n) is 9.26. The molecular weight excluding hydrogens is 970 g/mol. The van der Waals surface area contributed by atoms with Gasteiger partial charge in [-0.05, 0) is 41.0 Å². The van der Waals surface area contributed by atoms with Gasteiger partial charge in [0, 0.05) is 50.3 Å². The summed E-state index contributed by atoms with van der Waals surface area (Å²) in [6.07, 6.45) is -0.161. The van der Waals surface area contributed by atoms with E-state index >= 15 is 0 Å². The van der Waals surface area contributed by atoms with Crippen LogP contribution in [0.4, 0.5) is 0 Å². The molecule has 0 aliphatic carbocycles. The molecule has 0 spiro atoms. The lowest BCUT2D eigenvalue weighted by Crippen LogP contribution is -2.70. The average molecular weight is 1020 g/mol. The molecule has 62 heavy (non-hydrogen) atoms. The maximum absolute atomic E-state index is 13.9. The zero-order valence-corrected chi connectivity index (χ0v) is 44.4. The summed E-state index contributed by atoms with van der Waals surface area (Å²) < 4.78 is 104. The van der Waals surface area contributed by atoms with Gasteiger partial charge in [0.1, 0.15) is 11.5 Å². The van der Waals surface area contributed by atoms with E-state index < -0.39 is 103 Å². The second-order valence-corrected chi connectivity index (χ2v) is 34.2. The fourth-order valence-electron chi connectivity index (χ4n) is 6.39. The van der Waals surface area contributed by atoms with Crippen LogP contribution in [0.1, 0.15) is 35.4 Å². The Kier molecular flexibility index (Phi) is 20.1. The largest absolute Gasteiger partial charge is 0.497 e. The number of ether oxygens (including phenoxy) is 2. The standard InChI is InChI=1S/C33H52NO19PSi8/c1-39-31-13-9-29(10-14-31)33(28-7-3-2-4-8-28)30-11-15-32(16-12-30)40-21-6-23-42-54(38,41-22-5-17-34)43-27-58-45-56-47-60-48-59-46-55-44-57(24-18-35)49-61(51-59,25-19-36)53-62(50-58,52-60)26-20-37/h2-4,7-16,33,35-37,57-60H,5-6,18-27,55-56H2,1H3. The molecule has 29 heteroatoms. The van der Waals surface area contributed by atoms with Gasteiger partial charge in [0.25, 0.3) is 20.0 Å². The molecule has 3 aromatic rings. The fraction of sp³-hybridized carbons (Fsp3) is 0.424. The normalized spacial score (nSPS) is 27.6. The number of rotatable bonds is 22. The highest BCUT2D eigenvalue weighted by Gasteiger charge is 2.61. The van der Waals surface area contributed by atoms with Crippen molar-refractivity contribution in [3.8, 4) is 17.6 Å². The van der Waals surface area contributed by atoms with E-state index in [2.05, 4.69) is 24.3 Å². The van der Waals surface area contributed by atoms with Crippen molar-refractivity contribution in [3.63, 3.8) is 0 Å². The minimum Gasteiger partial charge on any atom is -0.497 e. The van der Waals surface area contributed by atoms with E-state index in [0.29, 0.717) is 12.2 Å². The van der Waals surface area contributed by atoms with Gasteiger partial charge in [0.2, 0.25) is 0 Å². The molecule has 6 rings (SSSR count). The molecule has 3 aliphatic heterocycles. The molecule has 3 heterocycles. The molecule has 0 radical (unpaired) electrons. The number of nitriles is 1. The molecule has 0 aromatic heterocycles. The van der Waals surface area contributed by atoms with Gasteiger partial charge >= 0.3 is 63.1 Å². The van der Waals surface area contributed by atoms with E-state index in [1.54, 1.807) is 7.11 Å². The summed E-state index contributed by atoms with van der Waals surface area (Å²) >= 11 is 0.